The van der Waals surface area contributed by atoms with Gasteiger partial charge in [-0.3, -0.25) is 0 Å². The van der Waals surface area contributed by atoms with Crippen LogP contribution in [0.3, 0.4) is 0 Å². The third kappa shape index (κ3) is 10.9. The molecule has 3 aromatic rings. The summed E-state index contributed by atoms with van der Waals surface area (Å²) in [7, 11) is 11.3. The number of anilines is 2. The zero-order chi connectivity index (χ0) is 35.6. The van der Waals surface area contributed by atoms with Crippen molar-refractivity contribution in [3.05, 3.63) is 101 Å². The van der Waals surface area contributed by atoms with Gasteiger partial charge in [0.15, 0.2) is 0 Å². The Balaban J connectivity index is 0.000000141. The van der Waals surface area contributed by atoms with Crippen LogP contribution in [0.2, 0.25) is 0 Å². The first-order chi connectivity index (χ1) is 24.9. The fourth-order valence-corrected chi connectivity index (χ4v) is 17.1. The monoisotopic (exact) mass is 834 g/mol. The molecular weight excluding hydrogens is 771 g/mol. The van der Waals surface area contributed by atoms with E-state index in [1.807, 2.05) is 34.9 Å². The maximum atomic E-state index is 5.67. The van der Waals surface area contributed by atoms with Crippen molar-refractivity contribution >= 4 is 43.3 Å². The van der Waals surface area contributed by atoms with E-state index in [0.717, 1.165) is 12.1 Å². The van der Waals surface area contributed by atoms with Crippen LogP contribution in [0.15, 0.2) is 66.7 Å². The molecule has 1 saturated heterocycles. The zero-order valence-corrected chi connectivity index (χ0v) is 35.8. The number of halogens is 2. The van der Waals surface area contributed by atoms with Gasteiger partial charge in [-0.25, -0.2) is 0 Å². The molecule has 0 unspecified atom stereocenters. The fraction of sp³-hybridized carbons (Fsp3) is 0.556. The molecule has 51 heavy (non-hydrogen) atoms. The van der Waals surface area contributed by atoms with Gasteiger partial charge in [0, 0.05) is 31.9 Å². The number of nitrogens with zero attached hydrogens (tertiary/aromatic N) is 2. The fourth-order valence-electron chi connectivity index (χ4n) is 10.1. The normalized spacial score (nSPS) is 21.5. The molecular formula is C45H63Cl2N2PRu. The molecule has 4 fully saturated rings. The van der Waals surface area contributed by atoms with Crippen molar-refractivity contribution in [3.8, 4) is 0 Å². The first-order valence-corrected chi connectivity index (χ1v) is 27.4. The van der Waals surface area contributed by atoms with Crippen LogP contribution in [0.5, 0.6) is 0 Å². The number of rotatable bonds is 5. The molecule has 1 atom stereocenters. The number of para-hydroxylation sites is 1. The van der Waals surface area contributed by atoms with E-state index >= 15 is 0 Å². The summed E-state index contributed by atoms with van der Waals surface area (Å²) in [4.78, 5) is 4.94. The Morgan fingerprint density at radius 2 is 1.18 bits per heavy atom. The second kappa shape index (κ2) is 19.9. The van der Waals surface area contributed by atoms with Gasteiger partial charge in [-0.05, 0) is 133 Å². The van der Waals surface area contributed by atoms with Crippen molar-refractivity contribution in [3.63, 3.8) is 0 Å². The first kappa shape index (κ1) is 39.5. The summed E-state index contributed by atoms with van der Waals surface area (Å²) in [6, 6.07) is 23.9. The van der Waals surface area contributed by atoms with Crippen molar-refractivity contribution < 1.29 is 13.5 Å². The molecule has 0 aromatic heterocycles. The van der Waals surface area contributed by atoms with Crippen LogP contribution in [0, 0.1) is 27.4 Å². The predicted octanol–water partition coefficient (Wildman–Crippen LogP) is 13.3. The van der Waals surface area contributed by atoms with Gasteiger partial charge in [0.2, 0.25) is 0 Å². The van der Waals surface area contributed by atoms with Gasteiger partial charge in [0.25, 0.3) is 0 Å². The molecule has 0 radical (unpaired) electrons. The molecule has 2 aliphatic heterocycles. The van der Waals surface area contributed by atoms with E-state index in [4.69, 9.17) is 19.4 Å². The van der Waals surface area contributed by atoms with Crippen LogP contribution in [0.4, 0.5) is 11.4 Å². The van der Waals surface area contributed by atoms with Crippen molar-refractivity contribution in [2.45, 2.75) is 153 Å². The van der Waals surface area contributed by atoms with Crippen LogP contribution >= 0.6 is 27.3 Å². The van der Waals surface area contributed by atoms with Crippen molar-refractivity contribution in [1.29, 1.82) is 0 Å². The molecule has 6 heteroatoms. The quantitative estimate of drug-likeness (QED) is 0.144. The van der Waals surface area contributed by atoms with E-state index in [0.29, 0.717) is 6.04 Å². The van der Waals surface area contributed by atoms with Crippen LogP contribution in [-0.2, 0) is 19.9 Å². The van der Waals surface area contributed by atoms with E-state index < -0.39 is 13.5 Å². The molecule has 3 aromatic carbocycles. The second-order valence-corrected chi connectivity index (χ2v) is 25.1. The van der Waals surface area contributed by atoms with Gasteiger partial charge in [-0.1, -0.05) is 55.2 Å². The summed E-state index contributed by atoms with van der Waals surface area (Å²) in [6.45, 7) is 10.1. The molecule has 280 valence electrons. The Morgan fingerprint density at radius 3 is 1.71 bits per heavy atom. The Bertz CT molecular complexity index is 1470. The third-order valence-electron chi connectivity index (χ3n) is 12.2. The average molecular weight is 835 g/mol. The molecule has 3 aliphatic carbocycles. The summed E-state index contributed by atoms with van der Waals surface area (Å²) in [5, 5.41) is 0. The van der Waals surface area contributed by atoms with Crippen molar-refractivity contribution in [2.24, 2.45) is 0 Å². The molecule has 0 bridgehead atoms. The summed E-state index contributed by atoms with van der Waals surface area (Å²) in [5.74, 6) is 0. The van der Waals surface area contributed by atoms with Gasteiger partial charge in [0.05, 0.1) is 17.0 Å². The topological polar surface area (TPSA) is 6.48 Å². The van der Waals surface area contributed by atoms with Crippen LogP contribution in [0.25, 0.3) is 0 Å². The molecule has 3 saturated carbocycles. The molecule has 8 rings (SSSR count). The number of hydrogen-bond acceptors (Lipinski definition) is 2. The van der Waals surface area contributed by atoms with Crippen molar-refractivity contribution in [1.82, 2.24) is 0 Å². The van der Waals surface area contributed by atoms with Gasteiger partial charge in [-0.15, -0.1) is 0 Å². The minimum atomic E-state index is -1.61. The van der Waals surface area contributed by atoms with E-state index in [1.165, 1.54) is 63.4 Å². The Labute approximate surface area is 325 Å². The molecule has 0 N–H and O–H groups in total. The number of aryl methyl sites for hydroxylation is 4. The molecule has 0 amide bonds. The van der Waals surface area contributed by atoms with Gasteiger partial charge < -0.3 is 9.80 Å². The second-order valence-electron chi connectivity index (χ2n) is 16.0. The van der Waals surface area contributed by atoms with E-state index in [1.54, 1.807) is 96.3 Å². The molecule has 2 nitrogen and oxygen atoms in total. The molecule has 5 aliphatic rings. The van der Waals surface area contributed by atoms with Gasteiger partial charge in [-0.2, -0.15) is 6.67 Å². The minimum absolute atomic E-state index is 0.0465. The van der Waals surface area contributed by atoms with Crippen LogP contribution in [0.1, 0.15) is 131 Å². The molecule has 2 heterocycles. The van der Waals surface area contributed by atoms with E-state index in [9.17, 15) is 0 Å². The number of hydrogen-bond donors (Lipinski definition) is 0. The summed E-state index contributed by atoms with van der Waals surface area (Å²) < 4.78 is 1.92. The van der Waals surface area contributed by atoms with Gasteiger partial charge >= 0.3 is 73.4 Å². The summed E-state index contributed by atoms with van der Waals surface area (Å²) in [6.07, 6.45) is 26.2. The standard InChI is InChI=1S/C20H23N2.C18H33P.C7H6.2ClH.Ru/c1-14-10-15(2)20(16(3)11-14)21-12-18-9-8-17-6-4-5-7-19(17)22(18)13-21;1-4-10-16(11-5-1)19(17-12-6-2-7-13-17)18-14-8-3-9-15-18;1-7-5-3-2-4-6-7;;;/h4-7,10-11,13,18H,8-9,12H2,1-3H3;16-18H,1-15H2;1-6H;2*1H;/q-1;;;;;+2/p-1/t18-;;;;;/m0...../s1. The van der Waals surface area contributed by atoms with Gasteiger partial charge in [0.1, 0.15) is 0 Å². The maximum absolute atomic E-state index is 5.67. The van der Waals surface area contributed by atoms with Crippen molar-refractivity contribution in [2.75, 3.05) is 16.3 Å². The first-order valence-electron chi connectivity index (χ1n) is 20.2. The van der Waals surface area contributed by atoms with Crippen LogP contribution in [-0.4, -0.2) is 34.2 Å². The number of fused-ring (bicyclic) bond motifs is 3. The predicted molar refractivity (Wildman–Crippen MR) is 226 cm³/mol. The zero-order valence-electron chi connectivity index (χ0n) is 31.5. The Morgan fingerprint density at radius 1 is 0.667 bits per heavy atom. The SMILES string of the molecule is C1CCC([PH+](C2CCCCC2)C2CCCCC2)CC1.Cc1cc(C)c(N2[CH-]N3c4ccccc4CC[C@H]3C2)c(C)c1.[Cl][Ru]([Cl])=[CH]c1ccccc1. The summed E-state index contributed by atoms with van der Waals surface area (Å²) >= 11 is -1.61. The summed E-state index contributed by atoms with van der Waals surface area (Å²) in [5.41, 5.74) is 13.2. The molecule has 0 spiro atoms. The average Bonchev–Trinajstić information content (AvgIpc) is 3.58. The Hall–Kier alpha value is -1.24. The van der Waals surface area contributed by atoms with E-state index in [-0.39, 0.29) is 7.92 Å². The Kier molecular flexibility index (Phi) is 15.4. The third-order valence-corrected chi connectivity index (χ3v) is 18.7. The van der Waals surface area contributed by atoms with E-state index in [2.05, 4.69) is 73.6 Å². The van der Waals surface area contributed by atoms with Crippen LogP contribution < -0.4 is 9.80 Å². The number of benzene rings is 3.